The molecular formula is C20H21LiN2O10. The van der Waals surface area contributed by atoms with Crippen LogP contribution in [0.1, 0.15) is 13.8 Å². The number of rotatable bonds is 8. The first-order chi connectivity index (χ1) is 14.2. The molecular weight excluding hydrogens is 435 g/mol. The van der Waals surface area contributed by atoms with E-state index in [-0.39, 0.29) is 52.8 Å². The first-order valence-corrected chi connectivity index (χ1v) is 8.35. The molecule has 3 N–H and O–H groups in total. The molecule has 0 bridgehead atoms. The molecule has 2 aromatic carbocycles. The average molecular weight is 456 g/mol. The zero-order chi connectivity index (χ0) is 22.5. The molecule has 2 aromatic rings. The van der Waals surface area contributed by atoms with E-state index in [9.17, 15) is 29.8 Å². The Hall–Kier alpha value is -3.82. The largest absolute Gasteiger partial charge is 1.00 e. The van der Waals surface area contributed by atoms with E-state index in [1.165, 1.54) is 87.1 Å². The van der Waals surface area contributed by atoms with Gasteiger partial charge in [-0.15, -0.1) is 0 Å². The second-order valence-electron chi connectivity index (χ2n) is 5.56. The molecule has 0 heterocycles. The smallest absolute Gasteiger partial charge is 0.870 e. The molecule has 0 unspecified atom stereocenters. The van der Waals surface area contributed by atoms with Gasteiger partial charge in [-0.2, -0.15) is 0 Å². The molecule has 0 fully saturated rings. The maximum Gasteiger partial charge on any atom is 1.00 e. The molecule has 33 heavy (non-hydrogen) atoms. The number of non-ortho nitro benzene ring substituents is 2. The summed E-state index contributed by atoms with van der Waals surface area (Å²) in [5.41, 5.74) is -0.00389. The Kier molecular flexibility index (Phi) is 18.3. The zero-order valence-corrected chi connectivity index (χ0v) is 18.0. The summed E-state index contributed by atoms with van der Waals surface area (Å²) in [6.07, 6.45) is 5.01. The number of hydrogen-bond acceptors (Lipinski definition) is 9. The minimum atomic E-state index is -0.491. The Morgan fingerprint density at radius 2 is 1.00 bits per heavy atom. The van der Waals surface area contributed by atoms with E-state index in [2.05, 4.69) is 0 Å². The Labute approximate surface area is 200 Å². The van der Waals surface area contributed by atoms with Crippen LogP contribution in [0, 0.1) is 20.2 Å². The molecule has 13 heteroatoms. The molecule has 0 amide bonds. The van der Waals surface area contributed by atoms with Crippen LogP contribution in [0.4, 0.5) is 11.4 Å². The van der Waals surface area contributed by atoms with Crippen molar-refractivity contribution in [1.82, 2.24) is 0 Å². The number of ether oxygens (including phenoxy) is 2. The first kappa shape index (κ1) is 33.8. The molecule has 0 saturated heterocycles. The van der Waals surface area contributed by atoms with Crippen LogP contribution >= 0.6 is 0 Å². The van der Waals surface area contributed by atoms with Crippen LogP contribution in [0.2, 0.25) is 0 Å². The van der Waals surface area contributed by atoms with E-state index in [1.807, 2.05) is 0 Å². The Morgan fingerprint density at radius 3 is 1.21 bits per heavy atom. The third kappa shape index (κ3) is 14.8. The first-order valence-electron chi connectivity index (χ1n) is 8.35. The molecule has 0 atom stereocenters. The van der Waals surface area contributed by atoms with Gasteiger partial charge in [0.15, 0.2) is 11.6 Å². The molecule has 0 aliphatic rings. The third-order valence-electron chi connectivity index (χ3n) is 3.11. The second-order valence-corrected chi connectivity index (χ2v) is 5.56. The quantitative estimate of drug-likeness (QED) is 0.174. The van der Waals surface area contributed by atoms with E-state index >= 15 is 0 Å². The number of nitro benzene ring substituents is 2. The van der Waals surface area contributed by atoms with Gasteiger partial charge in [0.1, 0.15) is 11.5 Å². The number of nitrogens with zero attached hydrogens (tertiary/aromatic N) is 2. The summed E-state index contributed by atoms with van der Waals surface area (Å²) in [6, 6.07) is 11.2. The van der Waals surface area contributed by atoms with Crippen molar-refractivity contribution in [2.75, 3.05) is 0 Å². The summed E-state index contributed by atoms with van der Waals surface area (Å²) < 4.78 is 10.1. The van der Waals surface area contributed by atoms with Gasteiger partial charge < -0.3 is 20.4 Å². The van der Waals surface area contributed by atoms with Crippen LogP contribution in [-0.4, -0.2) is 32.4 Å². The van der Waals surface area contributed by atoms with Crippen LogP contribution < -0.4 is 28.3 Å². The molecule has 0 aliphatic heterocycles. The summed E-state index contributed by atoms with van der Waals surface area (Å²) in [7, 11) is 0. The van der Waals surface area contributed by atoms with Crippen molar-refractivity contribution in [3.8, 4) is 11.5 Å². The van der Waals surface area contributed by atoms with Crippen LogP contribution in [0.5, 0.6) is 11.5 Å². The minimum Gasteiger partial charge on any atom is -0.870 e. The van der Waals surface area contributed by atoms with Gasteiger partial charge in [0, 0.05) is 36.4 Å². The van der Waals surface area contributed by atoms with Crippen molar-refractivity contribution >= 4 is 22.9 Å². The van der Waals surface area contributed by atoms with Crippen LogP contribution in [-0.2, 0) is 9.59 Å². The van der Waals surface area contributed by atoms with Gasteiger partial charge >= 0.3 is 18.9 Å². The summed E-state index contributed by atoms with van der Waals surface area (Å²) in [5.74, 6) is 0.630. The van der Waals surface area contributed by atoms with E-state index in [0.717, 1.165) is 0 Å². The fourth-order valence-corrected chi connectivity index (χ4v) is 1.71. The molecule has 0 spiro atoms. The molecule has 0 aromatic heterocycles. The van der Waals surface area contributed by atoms with Crippen LogP contribution in [0.25, 0.3) is 0 Å². The number of benzene rings is 2. The van der Waals surface area contributed by atoms with Crippen molar-refractivity contribution in [3.63, 3.8) is 0 Å². The zero-order valence-electron chi connectivity index (χ0n) is 18.0. The standard InChI is InChI=1S/2C10H9NO4.Li.2H2O/c2*1-8(12)6-7-15-10-4-2-9(3-5-10)11(13)14;;;/h2*2-7H,1H3;;2*1H2/q;;+1;;/p-1/b2*7-6+;;;. The number of nitro groups is 2. The second kappa shape index (κ2) is 17.8. The third-order valence-corrected chi connectivity index (χ3v) is 3.11. The van der Waals surface area contributed by atoms with Crippen molar-refractivity contribution in [1.29, 1.82) is 0 Å². The summed E-state index contributed by atoms with van der Waals surface area (Å²) in [5, 5.41) is 20.6. The Balaban J connectivity index is -0.000000500. The maximum atomic E-state index is 10.5. The van der Waals surface area contributed by atoms with Gasteiger partial charge in [0.05, 0.1) is 22.4 Å². The van der Waals surface area contributed by atoms with Crippen molar-refractivity contribution < 1.29 is 58.7 Å². The van der Waals surface area contributed by atoms with Gasteiger partial charge in [-0.3, -0.25) is 29.8 Å². The predicted octanol–water partition coefficient (Wildman–Crippen LogP) is 0.155. The monoisotopic (exact) mass is 456 g/mol. The predicted molar refractivity (Wildman–Crippen MR) is 113 cm³/mol. The van der Waals surface area contributed by atoms with Crippen LogP contribution in [0.3, 0.4) is 0 Å². The SMILES string of the molecule is CC(=O)/C=C/Oc1ccc([N+](=O)[O-])cc1.CC(=O)/C=C/Oc1ccc([N+](=O)[O-])cc1.O.[Li+].[OH-]. The van der Waals surface area contributed by atoms with Gasteiger partial charge in [0.25, 0.3) is 11.4 Å². The number of carbonyl (C=O) groups excluding carboxylic acids is 2. The van der Waals surface area contributed by atoms with Gasteiger partial charge in [0.2, 0.25) is 0 Å². The van der Waals surface area contributed by atoms with Crippen molar-refractivity contribution in [2.45, 2.75) is 13.8 Å². The average Bonchev–Trinajstić information content (AvgIpc) is 2.69. The van der Waals surface area contributed by atoms with E-state index < -0.39 is 9.85 Å². The maximum absolute atomic E-state index is 10.5. The Bertz CT molecular complexity index is 878. The molecule has 172 valence electrons. The number of allylic oxidation sites excluding steroid dienone is 2. The fraction of sp³-hybridized carbons (Fsp3) is 0.100. The molecule has 2 rings (SSSR count). The number of ketones is 2. The summed E-state index contributed by atoms with van der Waals surface area (Å²) in [4.78, 5) is 40.7. The van der Waals surface area contributed by atoms with Crippen molar-refractivity contribution in [3.05, 3.63) is 93.4 Å². The molecule has 0 saturated carbocycles. The van der Waals surface area contributed by atoms with Gasteiger partial charge in [-0.05, 0) is 38.1 Å². The summed E-state index contributed by atoms with van der Waals surface area (Å²) >= 11 is 0. The fourth-order valence-electron chi connectivity index (χ4n) is 1.71. The van der Waals surface area contributed by atoms with E-state index in [0.29, 0.717) is 11.5 Å². The van der Waals surface area contributed by atoms with Crippen LogP contribution in [0.15, 0.2) is 73.2 Å². The van der Waals surface area contributed by atoms with E-state index in [1.54, 1.807) is 0 Å². The minimum absolute atomic E-state index is 0. The summed E-state index contributed by atoms with van der Waals surface area (Å²) in [6.45, 7) is 2.80. The molecule has 0 radical (unpaired) electrons. The van der Waals surface area contributed by atoms with Gasteiger partial charge in [-0.25, -0.2) is 0 Å². The molecule has 12 nitrogen and oxygen atoms in total. The topological polar surface area (TPSA) is 200 Å². The Morgan fingerprint density at radius 1 is 0.727 bits per heavy atom. The van der Waals surface area contributed by atoms with Gasteiger partial charge in [-0.1, -0.05) is 0 Å². The van der Waals surface area contributed by atoms with E-state index in [4.69, 9.17) is 9.47 Å². The van der Waals surface area contributed by atoms with Crippen molar-refractivity contribution in [2.24, 2.45) is 0 Å². The number of hydrogen-bond donors (Lipinski definition) is 0. The molecule has 0 aliphatic carbocycles. The normalized spacial score (nSPS) is 9.27. The number of carbonyl (C=O) groups is 2.